The van der Waals surface area contributed by atoms with Crippen molar-refractivity contribution in [3.8, 4) is 28.5 Å². The van der Waals surface area contributed by atoms with Crippen molar-refractivity contribution < 1.29 is 14.3 Å². The maximum absolute atomic E-state index is 12.2. The van der Waals surface area contributed by atoms with Gasteiger partial charge in [0.25, 0.3) is 0 Å². The molecule has 0 saturated heterocycles. The lowest BCUT2D eigenvalue weighted by Crippen LogP contribution is -2.05. The van der Waals surface area contributed by atoms with Crippen molar-refractivity contribution >= 4 is 5.97 Å². The van der Waals surface area contributed by atoms with Crippen LogP contribution in [0.5, 0.6) is 5.75 Å². The number of methoxy groups -OCH3 is 1. The molecule has 0 spiro atoms. The third kappa shape index (κ3) is 4.16. The van der Waals surface area contributed by atoms with E-state index >= 15 is 0 Å². The van der Waals surface area contributed by atoms with Crippen LogP contribution >= 0.6 is 0 Å². The van der Waals surface area contributed by atoms with E-state index in [1.807, 2.05) is 54.6 Å². The van der Waals surface area contributed by atoms with Gasteiger partial charge in [-0.3, -0.25) is 5.10 Å². The number of hydrogen-bond acceptors (Lipinski definition) is 5. The van der Waals surface area contributed by atoms with Gasteiger partial charge < -0.3 is 9.47 Å². The predicted molar refractivity (Wildman–Crippen MR) is 109 cm³/mol. The molecule has 1 aromatic heterocycles. The fourth-order valence-corrected chi connectivity index (χ4v) is 2.95. The standard InChI is InChI=1S/C23H19N3O3/c1-28-19-12-7-11-17(14-19)21-24-22(26-25-21)20-13-6-5-10-18(20)15-29-23(27)16-8-3-2-4-9-16/h2-14H,15H2,1H3,(H,24,25,26). The molecule has 6 nitrogen and oxygen atoms in total. The second kappa shape index (κ2) is 8.39. The molecule has 0 saturated carbocycles. The monoisotopic (exact) mass is 385 g/mol. The van der Waals surface area contributed by atoms with Crippen molar-refractivity contribution in [1.29, 1.82) is 0 Å². The first-order valence-corrected chi connectivity index (χ1v) is 9.12. The van der Waals surface area contributed by atoms with Crippen LogP contribution in [0.3, 0.4) is 0 Å². The van der Waals surface area contributed by atoms with Crippen molar-refractivity contribution in [3.05, 3.63) is 90.0 Å². The number of aromatic nitrogens is 3. The number of carbonyl (C=O) groups is 1. The van der Waals surface area contributed by atoms with E-state index < -0.39 is 0 Å². The Balaban J connectivity index is 1.55. The third-order valence-electron chi connectivity index (χ3n) is 4.46. The second-order valence-corrected chi connectivity index (χ2v) is 6.34. The largest absolute Gasteiger partial charge is 0.497 e. The van der Waals surface area contributed by atoms with E-state index in [0.717, 1.165) is 22.4 Å². The Labute approximate surface area is 168 Å². The van der Waals surface area contributed by atoms with Crippen molar-refractivity contribution in [3.63, 3.8) is 0 Å². The van der Waals surface area contributed by atoms with Gasteiger partial charge in [-0.05, 0) is 24.3 Å². The van der Waals surface area contributed by atoms with Gasteiger partial charge in [-0.15, -0.1) is 0 Å². The molecular weight excluding hydrogens is 366 g/mol. The highest BCUT2D eigenvalue weighted by atomic mass is 16.5. The maximum atomic E-state index is 12.2. The summed E-state index contributed by atoms with van der Waals surface area (Å²) in [5, 5.41) is 7.31. The average molecular weight is 385 g/mol. The molecule has 0 amide bonds. The highest BCUT2D eigenvalue weighted by Gasteiger charge is 2.14. The first kappa shape index (κ1) is 18.4. The molecule has 0 fully saturated rings. The lowest BCUT2D eigenvalue weighted by molar-refractivity contribution is 0.0473. The number of esters is 1. The molecule has 0 unspecified atom stereocenters. The van der Waals surface area contributed by atoms with Crippen LogP contribution in [-0.2, 0) is 11.3 Å². The van der Waals surface area contributed by atoms with E-state index in [-0.39, 0.29) is 12.6 Å². The van der Waals surface area contributed by atoms with Crippen molar-refractivity contribution in [2.75, 3.05) is 7.11 Å². The molecule has 0 atom stereocenters. The number of H-pyrrole nitrogens is 1. The van der Waals surface area contributed by atoms with Gasteiger partial charge in [-0.1, -0.05) is 54.6 Å². The maximum Gasteiger partial charge on any atom is 0.338 e. The third-order valence-corrected chi connectivity index (χ3v) is 4.46. The molecule has 1 N–H and O–H groups in total. The summed E-state index contributed by atoms with van der Waals surface area (Å²) in [5.74, 6) is 1.55. The van der Waals surface area contributed by atoms with Crippen LogP contribution in [-0.4, -0.2) is 28.3 Å². The topological polar surface area (TPSA) is 77.1 Å². The van der Waals surface area contributed by atoms with E-state index in [1.54, 1.807) is 31.4 Å². The number of aromatic amines is 1. The Morgan fingerprint density at radius 1 is 0.966 bits per heavy atom. The van der Waals surface area contributed by atoms with E-state index in [1.165, 1.54) is 0 Å². The molecule has 0 bridgehead atoms. The van der Waals surface area contributed by atoms with Gasteiger partial charge in [-0.2, -0.15) is 5.10 Å². The van der Waals surface area contributed by atoms with Crippen LogP contribution in [0.2, 0.25) is 0 Å². The van der Waals surface area contributed by atoms with Gasteiger partial charge in [0.1, 0.15) is 12.4 Å². The van der Waals surface area contributed by atoms with Gasteiger partial charge >= 0.3 is 5.97 Å². The van der Waals surface area contributed by atoms with Crippen molar-refractivity contribution in [1.82, 2.24) is 15.2 Å². The molecule has 0 aliphatic rings. The first-order valence-electron chi connectivity index (χ1n) is 9.12. The van der Waals surface area contributed by atoms with Gasteiger partial charge in [0.2, 0.25) is 0 Å². The van der Waals surface area contributed by atoms with Crippen molar-refractivity contribution in [2.45, 2.75) is 6.61 Å². The zero-order valence-corrected chi connectivity index (χ0v) is 15.8. The summed E-state index contributed by atoms with van der Waals surface area (Å²) in [7, 11) is 1.62. The van der Waals surface area contributed by atoms with Crippen molar-refractivity contribution in [2.24, 2.45) is 0 Å². The Bertz CT molecular complexity index is 1120. The SMILES string of the molecule is COc1cccc(-c2nc(-c3ccccc3COC(=O)c3ccccc3)n[nH]2)c1. The van der Waals surface area contributed by atoms with Gasteiger partial charge in [-0.25, -0.2) is 9.78 Å². The summed E-state index contributed by atoms with van der Waals surface area (Å²) in [6.45, 7) is 0.132. The summed E-state index contributed by atoms with van der Waals surface area (Å²) in [4.78, 5) is 16.9. The Kier molecular flexibility index (Phi) is 5.33. The number of carbonyl (C=O) groups excluding carboxylic acids is 1. The second-order valence-electron chi connectivity index (χ2n) is 6.34. The van der Waals surface area contributed by atoms with E-state index in [2.05, 4.69) is 15.2 Å². The fourth-order valence-electron chi connectivity index (χ4n) is 2.95. The molecule has 29 heavy (non-hydrogen) atoms. The number of nitrogens with zero attached hydrogens (tertiary/aromatic N) is 2. The molecule has 6 heteroatoms. The molecule has 0 aliphatic carbocycles. The molecule has 4 aromatic rings. The molecule has 4 rings (SSSR count). The molecule has 0 radical (unpaired) electrons. The summed E-state index contributed by atoms with van der Waals surface area (Å²) in [6, 6.07) is 24.1. The lowest BCUT2D eigenvalue weighted by Gasteiger charge is -2.08. The highest BCUT2D eigenvalue weighted by molar-refractivity contribution is 5.89. The Morgan fingerprint density at radius 3 is 2.59 bits per heavy atom. The van der Waals surface area contributed by atoms with Gasteiger partial charge in [0, 0.05) is 16.7 Å². The van der Waals surface area contributed by atoms with Crippen LogP contribution in [0.25, 0.3) is 22.8 Å². The van der Waals surface area contributed by atoms with E-state index in [0.29, 0.717) is 17.2 Å². The number of benzene rings is 3. The normalized spacial score (nSPS) is 10.5. The summed E-state index contributed by atoms with van der Waals surface area (Å²) in [5.41, 5.74) is 3.02. The Morgan fingerprint density at radius 2 is 1.76 bits per heavy atom. The summed E-state index contributed by atoms with van der Waals surface area (Å²) >= 11 is 0. The smallest absolute Gasteiger partial charge is 0.338 e. The lowest BCUT2D eigenvalue weighted by atomic mass is 10.1. The minimum absolute atomic E-state index is 0.132. The van der Waals surface area contributed by atoms with Crippen LogP contribution in [0.1, 0.15) is 15.9 Å². The van der Waals surface area contributed by atoms with Gasteiger partial charge in [0.05, 0.1) is 12.7 Å². The fraction of sp³-hybridized carbons (Fsp3) is 0.0870. The number of nitrogens with one attached hydrogen (secondary N) is 1. The quantitative estimate of drug-likeness (QED) is 0.494. The number of ether oxygens (including phenoxy) is 2. The van der Waals surface area contributed by atoms with Crippen LogP contribution < -0.4 is 4.74 Å². The van der Waals surface area contributed by atoms with E-state index in [9.17, 15) is 4.79 Å². The molecule has 0 aliphatic heterocycles. The molecule has 1 heterocycles. The van der Waals surface area contributed by atoms with Gasteiger partial charge in [0.15, 0.2) is 11.6 Å². The minimum atomic E-state index is -0.368. The molecular formula is C23H19N3O3. The zero-order chi connectivity index (χ0) is 20.1. The summed E-state index contributed by atoms with van der Waals surface area (Å²) < 4.78 is 10.7. The van der Waals surface area contributed by atoms with E-state index in [4.69, 9.17) is 9.47 Å². The van der Waals surface area contributed by atoms with Crippen LogP contribution in [0.15, 0.2) is 78.9 Å². The Hall–Kier alpha value is -3.93. The van der Waals surface area contributed by atoms with Crippen LogP contribution in [0, 0.1) is 0 Å². The predicted octanol–water partition coefficient (Wildman–Crippen LogP) is 4.50. The molecule has 3 aromatic carbocycles. The number of hydrogen-bond donors (Lipinski definition) is 1. The molecule has 144 valence electrons. The highest BCUT2D eigenvalue weighted by Crippen LogP contribution is 2.25. The average Bonchev–Trinajstić information content (AvgIpc) is 3.28. The number of rotatable bonds is 6. The first-order chi connectivity index (χ1) is 14.2. The zero-order valence-electron chi connectivity index (χ0n) is 15.8. The summed E-state index contributed by atoms with van der Waals surface area (Å²) in [6.07, 6.45) is 0. The minimum Gasteiger partial charge on any atom is -0.497 e. The van der Waals surface area contributed by atoms with Crippen LogP contribution in [0.4, 0.5) is 0 Å².